The van der Waals surface area contributed by atoms with E-state index in [1.165, 1.54) is 22.9 Å². The maximum absolute atomic E-state index is 14.6. The van der Waals surface area contributed by atoms with Gasteiger partial charge < -0.3 is 20.9 Å². The zero-order valence-corrected chi connectivity index (χ0v) is 21.0. The van der Waals surface area contributed by atoms with Gasteiger partial charge >= 0.3 is 12.1 Å². The second-order valence-electron chi connectivity index (χ2n) is 10.4. The van der Waals surface area contributed by atoms with E-state index in [4.69, 9.17) is 0 Å². The van der Waals surface area contributed by atoms with E-state index in [1.807, 2.05) is 26.8 Å². The number of amides is 4. The van der Waals surface area contributed by atoms with Crippen LogP contribution in [0.2, 0.25) is 0 Å². The molecule has 36 heavy (non-hydrogen) atoms. The lowest BCUT2D eigenvalue weighted by atomic mass is 9.93. The van der Waals surface area contributed by atoms with Crippen molar-refractivity contribution in [2.45, 2.75) is 58.2 Å². The third-order valence-electron chi connectivity index (χ3n) is 6.28. The fourth-order valence-electron chi connectivity index (χ4n) is 4.10. The summed E-state index contributed by atoms with van der Waals surface area (Å²) in [6.07, 6.45) is 4.61. The molecule has 2 aliphatic rings. The summed E-state index contributed by atoms with van der Waals surface area (Å²) in [7, 11) is 0. The Labute approximate surface area is 210 Å². The van der Waals surface area contributed by atoms with E-state index in [0.717, 1.165) is 25.0 Å². The molecule has 0 spiro atoms. The number of rotatable bonds is 5. The average Bonchev–Trinajstić information content (AvgIpc) is 3.25. The number of carbonyl (C=O) groups excluding carboxylic acids is 3. The first-order valence-corrected chi connectivity index (χ1v) is 12.3. The molecular weight excluding hydrogens is 465 g/mol. The number of urea groups is 1. The summed E-state index contributed by atoms with van der Waals surface area (Å²) in [5.41, 5.74) is 0.708. The van der Waals surface area contributed by atoms with Gasteiger partial charge in [0.15, 0.2) is 0 Å². The van der Waals surface area contributed by atoms with Gasteiger partial charge in [0.1, 0.15) is 5.82 Å². The van der Waals surface area contributed by atoms with Gasteiger partial charge in [-0.05, 0) is 64.3 Å². The van der Waals surface area contributed by atoms with Crippen molar-refractivity contribution >= 4 is 23.7 Å². The summed E-state index contributed by atoms with van der Waals surface area (Å²) in [5.74, 6) is -0.892. The molecule has 2 heterocycles. The van der Waals surface area contributed by atoms with Gasteiger partial charge in [-0.3, -0.25) is 9.69 Å². The molecule has 4 amide bonds. The van der Waals surface area contributed by atoms with Crippen molar-refractivity contribution in [3.63, 3.8) is 0 Å². The zero-order chi connectivity index (χ0) is 25.9. The molecule has 1 saturated carbocycles. The number of aromatic nitrogens is 2. The van der Waals surface area contributed by atoms with Gasteiger partial charge in [0, 0.05) is 56.1 Å². The Balaban J connectivity index is 1.26. The molecule has 1 saturated heterocycles. The largest absolute Gasteiger partial charge is 0.342 e. The summed E-state index contributed by atoms with van der Waals surface area (Å²) in [6, 6.07) is 5.37. The predicted molar refractivity (Wildman–Crippen MR) is 133 cm³/mol. The van der Waals surface area contributed by atoms with Crippen LogP contribution in [-0.4, -0.2) is 75.3 Å². The van der Waals surface area contributed by atoms with Crippen LogP contribution in [0.5, 0.6) is 0 Å². The molecule has 194 valence electrons. The lowest BCUT2D eigenvalue weighted by Gasteiger charge is -2.34. The lowest BCUT2D eigenvalue weighted by molar-refractivity contribution is 0.0626. The van der Waals surface area contributed by atoms with Crippen molar-refractivity contribution in [2.24, 2.45) is 0 Å². The minimum Gasteiger partial charge on any atom is -0.336 e. The molecule has 1 aromatic carbocycles. The Morgan fingerprint density at radius 1 is 1.08 bits per heavy atom. The van der Waals surface area contributed by atoms with E-state index in [1.54, 1.807) is 11.1 Å². The van der Waals surface area contributed by atoms with Crippen LogP contribution in [0.4, 0.5) is 19.7 Å². The zero-order valence-electron chi connectivity index (χ0n) is 21.0. The van der Waals surface area contributed by atoms with Gasteiger partial charge in [0.25, 0.3) is 5.91 Å². The lowest BCUT2D eigenvalue weighted by Crippen LogP contribution is -2.48. The first kappa shape index (κ1) is 25.6. The second kappa shape index (κ2) is 10.7. The molecule has 3 N–H and O–H groups in total. The molecule has 1 aliphatic heterocycles. The molecule has 0 atom stereocenters. The Morgan fingerprint density at radius 2 is 1.81 bits per heavy atom. The van der Waals surface area contributed by atoms with Crippen molar-refractivity contribution in [1.82, 2.24) is 30.2 Å². The van der Waals surface area contributed by atoms with E-state index >= 15 is 0 Å². The minimum atomic E-state index is -0.644. The van der Waals surface area contributed by atoms with E-state index in [0.29, 0.717) is 32.7 Å². The summed E-state index contributed by atoms with van der Waals surface area (Å²) in [5, 5.41) is 12.5. The summed E-state index contributed by atoms with van der Waals surface area (Å²) in [4.78, 5) is 41.0. The monoisotopic (exact) mass is 499 g/mol. The first-order valence-electron chi connectivity index (χ1n) is 12.3. The molecule has 1 aliphatic carbocycles. The predicted octanol–water partition coefficient (Wildman–Crippen LogP) is 3.01. The fraction of sp³-hybridized carbons (Fsp3) is 0.520. The smallest absolute Gasteiger partial charge is 0.336 e. The Hall–Kier alpha value is -3.47. The van der Waals surface area contributed by atoms with Gasteiger partial charge in [0.05, 0.1) is 11.4 Å². The van der Waals surface area contributed by atoms with Crippen molar-refractivity contribution in [3.05, 3.63) is 47.5 Å². The maximum atomic E-state index is 14.6. The maximum Gasteiger partial charge on any atom is 0.342 e. The van der Waals surface area contributed by atoms with Gasteiger partial charge in [-0.2, -0.15) is 9.78 Å². The highest BCUT2D eigenvalue weighted by molar-refractivity contribution is 5.95. The van der Waals surface area contributed by atoms with Gasteiger partial charge in [0.2, 0.25) is 0 Å². The SMILES string of the molecule is CC(C)(C)NC(=O)n1ccc(CN2CCN(C(=O)c3ccc(NC(=O)NC4CCC4)c(F)c3)CC2)n1. The topological polar surface area (TPSA) is 112 Å². The van der Waals surface area contributed by atoms with E-state index in [-0.39, 0.29) is 34.8 Å². The van der Waals surface area contributed by atoms with E-state index in [2.05, 4.69) is 25.9 Å². The van der Waals surface area contributed by atoms with Crippen LogP contribution in [0, 0.1) is 5.82 Å². The van der Waals surface area contributed by atoms with Crippen LogP contribution in [0.15, 0.2) is 30.5 Å². The number of nitrogens with one attached hydrogen (secondary N) is 3. The van der Waals surface area contributed by atoms with Crippen LogP contribution in [0.3, 0.4) is 0 Å². The van der Waals surface area contributed by atoms with Gasteiger partial charge in [-0.1, -0.05) is 0 Å². The quantitative estimate of drug-likeness (QED) is 0.586. The Morgan fingerprint density at radius 3 is 2.42 bits per heavy atom. The molecule has 0 bridgehead atoms. The van der Waals surface area contributed by atoms with E-state index in [9.17, 15) is 18.8 Å². The summed E-state index contributed by atoms with van der Waals surface area (Å²) < 4.78 is 15.9. The number of hydrogen-bond acceptors (Lipinski definition) is 5. The van der Waals surface area contributed by atoms with Crippen molar-refractivity contribution < 1.29 is 18.8 Å². The van der Waals surface area contributed by atoms with Gasteiger partial charge in [-0.15, -0.1) is 0 Å². The van der Waals surface area contributed by atoms with Crippen LogP contribution >= 0.6 is 0 Å². The van der Waals surface area contributed by atoms with Crippen LogP contribution in [0.1, 0.15) is 56.1 Å². The standard InChI is InChI=1S/C25H34FN7O3/c1-25(2,3)29-24(36)33-10-9-19(30-33)16-31-11-13-32(14-12-31)22(34)17-7-8-21(20(26)15-17)28-23(35)27-18-5-4-6-18/h7-10,15,18H,4-6,11-14,16H2,1-3H3,(H,29,36)(H2,27,28,35). The fourth-order valence-corrected chi connectivity index (χ4v) is 4.10. The number of benzene rings is 1. The van der Waals surface area contributed by atoms with Crippen molar-refractivity contribution in [1.29, 1.82) is 0 Å². The highest BCUT2D eigenvalue weighted by Gasteiger charge is 2.24. The molecule has 4 rings (SSSR count). The van der Waals surface area contributed by atoms with Crippen molar-refractivity contribution in [2.75, 3.05) is 31.5 Å². The molecule has 2 fully saturated rings. The number of anilines is 1. The molecule has 0 radical (unpaired) electrons. The molecule has 11 heteroatoms. The summed E-state index contributed by atoms with van der Waals surface area (Å²) >= 11 is 0. The Bertz CT molecular complexity index is 1120. The molecule has 10 nitrogen and oxygen atoms in total. The third-order valence-corrected chi connectivity index (χ3v) is 6.28. The number of hydrogen-bond donors (Lipinski definition) is 3. The number of nitrogens with zero attached hydrogens (tertiary/aromatic N) is 4. The minimum absolute atomic E-state index is 0.0452. The van der Waals surface area contributed by atoms with Crippen molar-refractivity contribution in [3.8, 4) is 0 Å². The first-order chi connectivity index (χ1) is 17.1. The second-order valence-corrected chi connectivity index (χ2v) is 10.4. The van der Waals surface area contributed by atoms with Crippen LogP contribution in [-0.2, 0) is 6.54 Å². The highest BCUT2D eigenvalue weighted by atomic mass is 19.1. The number of halogens is 1. The Kier molecular flexibility index (Phi) is 7.58. The normalized spacial score (nSPS) is 16.8. The van der Waals surface area contributed by atoms with Crippen LogP contribution in [0.25, 0.3) is 0 Å². The molecular formula is C25H34FN7O3. The molecule has 0 unspecified atom stereocenters. The van der Waals surface area contributed by atoms with Gasteiger partial charge in [-0.25, -0.2) is 14.0 Å². The third kappa shape index (κ3) is 6.60. The number of piperazine rings is 1. The number of carbonyl (C=O) groups is 3. The highest BCUT2D eigenvalue weighted by Crippen LogP contribution is 2.20. The van der Waals surface area contributed by atoms with Crippen LogP contribution < -0.4 is 16.0 Å². The average molecular weight is 500 g/mol. The summed E-state index contributed by atoms with van der Waals surface area (Å²) in [6.45, 7) is 8.55. The van der Waals surface area contributed by atoms with E-state index < -0.39 is 11.8 Å². The molecule has 2 aromatic rings. The molecule has 1 aromatic heterocycles.